The number of hydrogen-bond donors (Lipinski definition) is 0. The van der Waals surface area contributed by atoms with Gasteiger partial charge < -0.3 is 14.4 Å². The van der Waals surface area contributed by atoms with Gasteiger partial charge in [0.15, 0.2) is 11.5 Å². The van der Waals surface area contributed by atoms with E-state index in [-0.39, 0.29) is 17.1 Å². The van der Waals surface area contributed by atoms with Crippen molar-refractivity contribution >= 4 is 15.9 Å². The Balaban J connectivity index is 1.42. The Morgan fingerprint density at radius 2 is 1.69 bits per heavy atom. The Morgan fingerprint density at radius 1 is 1.08 bits per heavy atom. The predicted molar refractivity (Wildman–Crippen MR) is 95.7 cm³/mol. The molecule has 1 amide bonds. The second-order valence-corrected chi connectivity index (χ2v) is 9.46. The van der Waals surface area contributed by atoms with E-state index < -0.39 is 10.0 Å². The monoisotopic (exact) mass is 380 g/mol. The average molecular weight is 380 g/mol. The van der Waals surface area contributed by atoms with Gasteiger partial charge in [-0.1, -0.05) is 0 Å². The molecular formula is C18H24N2O5S. The van der Waals surface area contributed by atoms with E-state index in [0.717, 1.165) is 24.8 Å². The van der Waals surface area contributed by atoms with Gasteiger partial charge in [-0.3, -0.25) is 4.79 Å². The number of ether oxygens (including phenoxy) is 2. The van der Waals surface area contributed by atoms with Crippen molar-refractivity contribution in [2.75, 3.05) is 33.9 Å². The molecule has 1 aliphatic carbocycles. The van der Waals surface area contributed by atoms with Crippen LogP contribution in [0.25, 0.3) is 0 Å². The van der Waals surface area contributed by atoms with Crippen LogP contribution in [0.15, 0.2) is 12.1 Å². The van der Waals surface area contributed by atoms with Gasteiger partial charge in [0.25, 0.3) is 0 Å². The van der Waals surface area contributed by atoms with Crippen LogP contribution in [-0.2, 0) is 27.8 Å². The largest absolute Gasteiger partial charge is 0.493 e. The molecule has 1 aromatic rings. The first-order valence-electron chi connectivity index (χ1n) is 8.95. The lowest BCUT2D eigenvalue weighted by atomic mass is 9.95. The fourth-order valence-corrected chi connectivity index (χ4v) is 5.64. The van der Waals surface area contributed by atoms with Crippen LogP contribution >= 0.6 is 0 Å². The third-order valence-electron chi connectivity index (χ3n) is 5.53. The fourth-order valence-electron chi connectivity index (χ4n) is 3.71. The molecule has 2 aliphatic heterocycles. The van der Waals surface area contributed by atoms with Crippen LogP contribution in [0.1, 0.15) is 24.0 Å². The van der Waals surface area contributed by atoms with E-state index in [2.05, 4.69) is 0 Å². The van der Waals surface area contributed by atoms with Gasteiger partial charge in [0.1, 0.15) is 0 Å². The van der Waals surface area contributed by atoms with E-state index in [1.165, 1.54) is 9.87 Å². The number of rotatable bonds is 5. The standard InChI is InChI=1S/C18H24N2O5S/c1-24-16-7-12-5-6-19(9-13(12)8-17(16)25-2)18(21)14-10-20(11-14)26(22,23)15-3-4-15/h7-8,14-15H,3-6,9-11H2,1-2H3. The van der Waals surface area contributed by atoms with E-state index in [0.29, 0.717) is 37.7 Å². The Hall–Kier alpha value is -1.80. The minimum atomic E-state index is -3.16. The minimum absolute atomic E-state index is 0.0488. The molecule has 1 saturated heterocycles. The molecule has 8 heteroatoms. The third-order valence-corrected chi connectivity index (χ3v) is 7.86. The lowest BCUT2D eigenvalue weighted by Crippen LogP contribution is -2.57. The summed E-state index contributed by atoms with van der Waals surface area (Å²) < 4.78 is 36.5. The summed E-state index contributed by atoms with van der Waals surface area (Å²) in [5, 5.41) is -0.206. The number of carbonyl (C=O) groups excluding carboxylic acids is 1. The van der Waals surface area contributed by atoms with Gasteiger partial charge >= 0.3 is 0 Å². The highest BCUT2D eigenvalue weighted by atomic mass is 32.2. The number of benzene rings is 1. The summed E-state index contributed by atoms with van der Waals surface area (Å²) in [6, 6.07) is 3.90. The fraction of sp³-hybridized carbons (Fsp3) is 0.611. The van der Waals surface area contributed by atoms with Gasteiger partial charge in [0.05, 0.1) is 25.4 Å². The molecule has 0 spiro atoms. The van der Waals surface area contributed by atoms with Crippen molar-refractivity contribution in [3.63, 3.8) is 0 Å². The number of sulfonamides is 1. The van der Waals surface area contributed by atoms with Crippen LogP contribution in [0.5, 0.6) is 11.5 Å². The van der Waals surface area contributed by atoms with Crippen molar-refractivity contribution in [1.82, 2.24) is 9.21 Å². The van der Waals surface area contributed by atoms with Crippen LogP contribution in [0.3, 0.4) is 0 Å². The zero-order chi connectivity index (χ0) is 18.5. The molecule has 26 heavy (non-hydrogen) atoms. The topological polar surface area (TPSA) is 76.2 Å². The number of methoxy groups -OCH3 is 2. The van der Waals surface area contributed by atoms with Gasteiger partial charge in [-0.05, 0) is 42.5 Å². The highest BCUT2D eigenvalue weighted by Crippen LogP contribution is 2.36. The molecule has 1 saturated carbocycles. The normalized spacial score (nSPS) is 21.1. The zero-order valence-corrected chi connectivity index (χ0v) is 15.9. The average Bonchev–Trinajstić information content (AvgIpc) is 3.43. The Kier molecular flexibility index (Phi) is 4.35. The van der Waals surface area contributed by atoms with Crippen LogP contribution < -0.4 is 9.47 Å². The molecule has 0 aromatic heterocycles. The van der Waals surface area contributed by atoms with E-state index in [9.17, 15) is 13.2 Å². The first kappa shape index (κ1) is 17.6. The van der Waals surface area contributed by atoms with Gasteiger partial charge in [-0.25, -0.2) is 8.42 Å². The van der Waals surface area contributed by atoms with Gasteiger partial charge in [0, 0.05) is 26.2 Å². The lowest BCUT2D eigenvalue weighted by Gasteiger charge is -2.40. The Bertz CT molecular complexity index is 828. The number of hydrogen-bond acceptors (Lipinski definition) is 5. The summed E-state index contributed by atoms with van der Waals surface area (Å²) in [5.74, 6) is 1.19. The minimum Gasteiger partial charge on any atom is -0.493 e. The van der Waals surface area contributed by atoms with Gasteiger partial charge in [0.2, 0.25) is 15.9 Å². The van der Waals surface area contributed by atoms with Gasteiger partial charge in [-0.2, -0.15) is 4.31 Å². The van der Waals surface area contributed by atoms with Crippen molar-refractivity contribution in [1.29, 1.82) is 0 Å². The predicted octanol–water partition coefficient (Wildman–Crippen LogP) is 1.01. The Morgan fingerprint density at radius 3 is 2.27 bits per heavy atom. The molecule has 0 atom stereocenters. The molecule has 1 aromatic carbocycles. The van der Waals surface area contributed by atoms with E-state index in [4.69, 9.17) is 9.47 Å². The number of fused-ring (bicyclic) bond motifs is 1. The summed E-state index contributed by atoms with van der Waals surface area (Å²) in [7, 11) is 0.0491. The van der Waals surface area contributed by atoms with E-state index in [1.54, 1.807) is 14.2 Å². The molecule has 4 rings (SSSR count). The molecule has 142 valence electrons. The van der Waals surface area contributed by atoms with Crippen LogP contribution in [-0.4, -0.2) is 62.6 Å². The van der Waals surface area contributed by atoms with Crippen LogP contribution in [0.4, 0.5) is 0 Å². The summed E-state index contributed by atoms with van der Waals surface area (Å²) >= 11 is 0. The second-order valence-electron chi connectivity index (χ2n) is 7.24. The molecule has 0 unspecified atom stereocenters. The molecule has 2 fully saturated rings. The molecular weight excluding hydrogens is 356 g/mol. The zero-order valence-electron chi connectivity index (χ0n) is 15.1. The molecule has 0 N–H and O–H groups in total. The number of nitrogens with zero attached hydrogens (tertiary/aromatic N) is 2. The van der Waals surface area contributed by atoms with Crippen LogP contribution in [0.2, 0.25) is 0 Å². The van der Waals surface area contributed by atoms with Crippen LogP contribution in [0, 0.1) is 5.92 Å². The molecule has 0 radical (unpaired) electrons. The SMILES string of the molecule is COc1cc2c(cc1OC)CN(C(=O)C1CN(S(=O)(=O)C3CC3)C1)CC2. The maximum absolute atomic E-state index is 12.8. The van der Waals surface area contributed by atoms with Gasteiger partial charge in [-0.15, -0.1) is 0 Å². The summed E-state index contributed by atoms with van der Waals surface area (Å²) in [6.45, 7) is 1.83. The van der Waals surface area contributed by atoms with Crippen molar-refractivity contribution in [2.24, 2.45) is 5.92 Å². The second kappa shape index (κ2) is 6.42. The van der Waals surface area contributed by atoms with E-state index in [1.807, 2.05) is 17.0 Å². The van der Waals surface area contributed by atoms with E-state index >= 15 is 0 Å². The quantitative estimate of drug-likeness (QED) is 0.762. The summed E-state index contributed by atoms with van der Waals surface area (Å²) in [5.41, 5.74) is 2.22. The van der Waals surface area contributed by atoms with Crippen molar-refractivity contribution in [2.45, 2.75) is 31.1 Å². The first-order chi connectivity index (χ1) is 12.4. The van der Waals surface area contributed by atoms with Crippen molar-refractivity contribution in [3.8, 4) is 11.5 Å². The summed E-state index contributed by atoms with van der Waals surface area (Å²) in [6.07, 6.45) is 2.27. The van der Waals surface area contributed by atoms with Crippen molar-refractivity contribution < 1.29 is 22.7 Å². The maximum atomic E-state index is 12.8. The molecule has 3 aliphatic rings. The molecule has 7 nitrogen and oxygen atoms in total. The Labute approximate surface area is 153 Å². The molecule has 2 heterocycles. The van der Waals surface area contributed by atoms with Crippen molar-refractivity contribution in [3.05, 3.63) is 23.3 Å². The molecule has 0 bridgehead atoms. The summed E-state index contributed by atoms with van der Waals surface area (Å²) in [4.78, 5) is 14.6. The first-order valence-corrected chi connectivity index (χ1v) is 10.5. The maximum Gasteiger partial charge on any atom is 0.228 e. The highest BCUT2D eigenvalue weighted by molar-refractivity contribution is 7.90. The third kappa shape index (κ3) is 2.95. The lowest BCUT2D eigenvalue weighted by molar-refractivity contribution is -0.139. The number of amides is 1. The number of carbonyl (C=O) groups is 1. The highest BCUT2D eigenvalue weighted by Gasteiger charge is 2.47. The smallest absolute Gasteiger partial charge is 0.228 e.